The molecule has 5 atom stereocenters. The molecule has 2 saturated heterocycles. The molecule has 2 N–H and O–H groups in total. The third-order valence-corrected chi connectivity index (χ3v) is 7.04. The van der Waals surface area contributed by atoms with Crippen molar-refractivity contribution in [2.45, 2.75) is 41.2 Å². The SMILES string of the molecule is O[C@H]1[C@@H](NCc2ccc(-c3ccccc3)cc2)[C@@H]2CO[C@H](O2)[C@@H]1Sc1ccccc1. The Bertz CT molecular complexity index is 951. The van der Waals surface area contributed by atoms with Crippen LogP contribution in [0.1, 0.15) is 5.56 Å². The Morgan fingerprint density at radius 3 is 2.27 bits per heavy atom. The van der Waals surface area contributed by atoms with Crippen molar-refractivity contribution >= 4 is 11.8 Å². The molecule has 3 aromatic rings. The van der Waals surface area contributed by atoms with Gasteiger partial charge >= 0.3 is 0 Å². The lowest BCUT2D eigenvalue weighted by Gasteiger charge is -2.38. The molecule has 0 aliphatic carbocycles. The van der Waals surface area contributed by atoms with Gasteiger partial charge in [-0.25, -0.2) is 0 Å². The molecule has 2 aliphatic heterocycles. The molecule has 0 spiro atoms. The van der Waals surface area contributed by atoms with Crippen LogP contribution in [0.25, 0.3) is 11.1 Å². The number of thioether (sulfide) groups is 1. The van der Waals surface area contributed by atoms with E-state index >= 15 is 0 Å². The van der Waals surface area contributed by atoms with Crippen LogP contribution in [0.5, 0.6) is 0 Å². The minimum atomic E-state index is -0.551. The molecular formula is C25H25NO3S. The third kappa shape index (κ3) is 4.17. The smallest absolute Gasteiger partial charge is 0.172 e. The van der Waals surface area contributed by atoms with E-state index in [2.05, 4.69) is 66.0 Å². The zero-order valence-electron chi connectivity index (χ0n) is 16.6. The summed E-state index contributed by atoms with van der Waals surface area (Å²) >= 11 is 1.62. The number of rotatable bonds is 6. The maximum Gasteiger partial charge on any atom is 0.172 e. The minimum absolute atomic E-state index is 0.124. The number of aliphatic hydroxyl groups is 1. The molecule has 0 unspecified atom stereocenters. The van der Waals surface area contributed by atoms with Crippen molar-refractivity contribution in [1.82, 2.24) is 5.32 Å². The second kappa shape index (κ2) is 8.92. The summed E-state index contributed by atoms with van der Waals surface area (Å²) in [6.45, 7) is 1.18. The first-order valence-electron chi connectivity index (χ1n) is 10.3. The van der Waals surface area contributed by atoms with E-state index in [4.69, 9.17) is 9.47 Å². The van der Waals surface area contributed by atoms with Gasteiger partial charge in [-0.15, -0.1) is 11.8 Å². The van der Waals surface area contributed by atoms with Crippen LogP contribution in [-0.4, -0.2) is 41.5 Å². The first-order valence-corrected chi connectivity index (χ1v) is 11.2. The van der Waals surface area contributed by atoms with Crippen LogP contribution in [0.2, 0.25) is 0 Å². The van der Waals surface area contributed by atoms with Gasteiger partial charge in [0.2, 0.25) is 0 Å². The molecule has 5 heteroatoms. The molecule has 0 radical (unpaired) electrons. The lowest BCUT2D eigenvalue weighted by atomic mass is 9.99. The number of ether oxygens (including phenoxy) is 2. The van der Waals surface area contributed by atoms with E-state index in [1.54, 1.807) is 11.8 Å². The fourth-order valence-electron chi connectivity index (χ4n) is 4.10. The minimum Gasteiger partial charge on any atom is -0.390 e. The van der Waals surface area contributed by atoms with Crippen LogP contribution in [0.3, 0.4) is 0 Å². The van der Waals surface area contributed by atoms with Gasteiger partial charge in [0.05, 0.1) is 24.0 Å². The van der Waals surface area contributed by atoms with Crippen LogP contribution in [-0.2, 0) is 16.0 Å². The van der Waals surface area contributed by atoms with Crippen molar-refractivity contribution in [1.29, 1.82) is 0 Å². The molecule has 0 aromatic heterocycles. The molecule has 30 heavy (non-hydrogen) atoms. The van der Waals surface area contributed by atoms with E-state index in [0.717, 1.165) is 4.90 Å². The molecule has 3 aromatic carbocycles. The standard InChI is InChI=1S/C25H25NO3S/c27-23-22(21-16-28-25(29-21)24(23)30-20-9-5-2-6-10-20)26-15-17-11-13-19(14-12-17)18-7-3-1-4-8-18/h1-14,21-27H,15-16H2/t21-,22-,23-,24+,25+/m0/s1. The highest BCUT2D eigenvalue weighted by Crippen LogP contribution is 2.38. The summed E-state index contributed by atoms with van der Waals surface area (Å²) in [5.74, 6) is 0. The first kappa shape index (κ1) is 19.8. The van der Waals surface area contributed by atoms with Crippen LogP contribution < -0.4 is 5.32 Å². The molecule has 2 fully saturated rings. The van der Waals surface area contributed by atoms with Gasteiger partial charge in [-0.3, -0.25) is 0 Å². The zero-order valence-corrected chi connectivity index (χ0v) is 17.4. The lowest BCUT2D eigenvalue weighted by Crippen LogP contribution is -2.58. The van der Waals surface area contributed by atoms with Gasteiger partial charge in [0.25, 0.3) is 0 Å². The molecular weight excluding hydrogens is 394 g/mol. The normalized spacial score (nSPS) is 27.8. The second-order valence-electron chi connectivity index (χ2n) is 7.73. The van der Waals surface area contributed by atoms with E-state index in [9.17, 15) is 5.11 Å². The average Bonchev–Trinajstić information content (AvgIpc) is 3.24. The summed E-state index contributed by atoms with van der Waals surface area (Å²) in [5, 5.41) is 14.5. The van der Waals surface area contributed by atoms with Crippen molar-refractivity contribution in [2.75, 3.05) is 6.61 Å². The average molecular weight is 420 g/mol. The summed E-state index contributed by atoms with van der Waals surface area (Å²) in [5.41, 5.74) is 3.59. The molecule has 5 rings (SSSR count). The van der Waals surface area contributed by atoms with Crippen molar-refractivity contribution in [3.63, 3.8) is 0 Å². The Morgan fingerprint density at radius 2 is 1.53 bits per heavy atom. The highest BCUT2D eigenvalue weighted by molar-refractivity contribution is 8.00. The Balaban J connectivity index is 1.25. The van der Waals surface area contributed by atoms with Gasteiger partial charge < -0.3 is 19.9 Å². The molecule has 154 valence electrons. The van der Waals surface area contributed by atoms with E-state index in [0.29, 0.717) is 13.2 Å². The summed E-state index contributed by atoms with van der Waals surface area (Å²) in [4.78, 5) is 1.11. The van der Waals surface area contributed by atoms with E-state index in [1.165, 1.54) is 16.7 Å². The summed E-state index contributed by atoms with van der Waals surface area (Å²) < 4.78 is 11.9. The monoisotopic (exact) mass is 419 g/mol. The quantitative estimate of drug-likeness (QED) is 0.630. The van der Waals surface area contributed by atoms with Gasteiger partial charge in [-0.05, 0) is 28.8 Å². The van der Waals surface area contributed by atoms with Crippen molar-refractivity contribution in [3.05, 3.63) is 90.5 Å². The van der Waals surface area contributed by atoms with E-state index in [-0.39, 0.29) is 23.7 Å². The van der Waals surface area contributed by atoms with Gasteiger partial charge in [-0.2, -0.15) is 0 Å². The predicted octanol–water partition coefficient (Wildman–Crippen LogP) is 4.09. The van der Waals surface area contributed by atoms with Crippen LogP contribution >= 0.6 is 11.8 Å². The fourth-order valence-corrected chi connectivity index (χ4v) is 5.29. The molecule has 2 aliphatic rings. The fraction of sp³-hybridized carbons (Fsp3) is 0.280. The number of fused-ring (bicyclic) bond motifs is 2. The first-order chi connectivity index (χ1) is 14.8. The second-order valence-corrected chi connectivity index (χ2v) is 8.98. The number of aliphatic hydroxyl groups excluding tert-OH is 1. The molecule has 2 heterocycles. The van der Waals surface area contributed by atoms with Crippen molar-refractivity contribution < 1.29 is 14.6 Å². The van der Waals surface area contributed by atoms with Crippen LogP contribution in [0.15, 0.2) is 89.8 Å². The Kier molecular flexibility index (Phi) is 5.88. The van der Waals surface area contributed by atoms with Crippen molar-refractivity contribution in [3.8, 4) is 11.1 Å². The largest absolute Gasteiger partial charge is 0.390 e. The highest BCUT2D eigenvalue weighted by atomic mass is 32.2. The Morgan fingerprint density at radius 1 is 0.867 bits per heavy atom. The van der Waals surface area contributed by atoms with Crippen molar-refractivity contribution in [2.24, 2.45) is 0 Å². The molecule has 0 amide bonds. The number of benzene rings is 3. The molecule has 2 bridgehead atoms. The number of nitrogens with one attached hydrogen (secondary N) is 1. The van der Waals surface area contributed by atoms with E-state index < -0.39 is 6.10 Å². The Hall–Kier alpha value is -2.15. The zero-order chi connectivity index (χ0) is 20.3. The van der Waals surface area contributed by atoms with Gasteiger partial charge in [0.1, 0.15) is 6.10 Å². The highest BCUT2D eigenvalue weighted by Gasteiger charge is 2.50. The van der Waals surface area contributed by atoms with Crippen LogP contribution in [0, 0.1) is 0 Å². The van der Waals surface area contributed by atoms with Gasteiger partial charge in [0.15, 0.2) is 6.29 Å². The molecule has 0 saturated carbocycles. The third-order valence-electron chi connectivity index (χ3n) is 5.73. The lowest BCUT2D eigenvalue weighted by molar-refractivity contribution is -0.123. The maximum atomic E-state index is 11.1. The van der Waals surface area contributed by atoms with Gasteiger partial charge in [-0.1, -0.05) is 72.8 Å². The predicted molar refractivity (Wildman–Crippen MR) is 119 cm³/mol. The maximum absolute atomic E-state index is 11.1. The summed E-state index contributed by atoms with van der Waals surface area (Å²) in [7, 11) is 0. The topological polar surface area (TPSA) is 50.7 Å². The van der Waals surface area contributed by atoms with Crippen LogP contribution in [0.4, 0.5) is 0 Å². The number of hydrogen-bond donors (Lipinski definition) is 2. The summed E-state index contributed by atoms with van der Waals surface area (Å²) in [6.07, 6.45) is -1.04. The van der Waals surface area contributed by atoms with E-state index in [1.807, 2.05) is 24.3 Å². The number of hydrogen-bond acceptors (Lipinski definition) is 5. The van der Waals surface area contributed by atoms with Gasteiger partial charge in [0, 0.05) is 11.4 Å². The summed E-state index contributed by atoms with van der Waals surface area (Å²) in [6, 6.07) is 28.9. The Labute approximate surface area is 181 Å². The molecule has 4 nitrogen and oxygen atoms in total.